The van der Waals surface area contributed by atoms with Gasteiger partial charge in [-0.25, -0.2) is 15.8 Å². The van der Waals surface area contributed by atoms with Gasteiger partial charge in [-0.05, 0) is 28.1 Å². The minimum Gasteiger partial charge on any atom is -0.292 e. The summed E-state index contributed by atoms with van der Waals surface area (Å²) < 4.78 is 0.914. The van der Waals surface area contributed by atoms with Crippen LogP contribution in [0, 0.1) is 0 Å². The Morgan fingerprint density at radius 2 is 2.43 bits per heavy atom. The highest BCUT2D eigenvalue weighted by Gasteiger charge is 2.04. The van der Waals surface area contributed by atoms with Gasteiger partial charge in [0.1, 0.15) is 5.03 Å². The topological polar surface area (TPSA) is 63.8 Å². The SMILES string of the molecule is CCCCSc1nc(NN)ncc1Br. The van der Waals surface area contributed by atoms with Gasteiger partial charge in [-0.2, -0.15) is 0 Å². The van der Waals surface area contributed by atoms with Crippen LogP contribution in [-0.2, 0) is 0 Å². The maximum absolute atomic E-state index is 5.22. The average Bonchev–Trinajstić information content (AvgIpc) is 2.21. The number of unbranched alkanes of at least 4 members (excludes halogenated alkanes) is 1. The van der Waals surface area contributed by atoms with Crippen LogP contribution in [0.3, 0.4) is 0 Å². The zero-order chi connectivity index (χ0) is 10.4. The second kappa shape index (κ2) is 6.21. The van der Waals surface area contributed by atoms with Crippen molar-refractivity contribution in [1.29, 1.82) is 0 Å². The van der Waals surface area contributed by atoms with Crippen LogP contribution in [-0.4, -0.2) is 15.7 Å². The molecule has 0 bridgehead atoms. The van der Waals surface area contributed by atoms with Crippen LogP contribution in [0.2, 0.25) is 0 Å². The van der Waals surface area contributed by atoms with Crippen LogP contribution < -0.4 is 11.3 Å². The minimum atomic E-state index is 0.451. The van der Waals surface area contributed by atoms with Crippen molar-refractivity contribution in [2.24, 2.45) is 5.84 Å². The molecule has 0 aliphatic rings. The molecule has 1 rings (SSSR count). The van der Waals surface area contributed by atoms with E-state index in [9.17, 15) is 0 Å². The summed E-state index contributed by atoms with van der Waals surface area (Å²) in [4.78, 5) is 8.21. The number of nitrogens with one attached hydrogen (secondary N) is 1. The van der Waals surface area contributed by atoms with Crippen molar-refractivity contribution in [3.8, 4) is 0 Å². The number of hydrogen-bond acceptors (Lipinski definition) is 5. The second-order valence-electron chi connectivity index (χ2n) is 2.69. The van der Waals surface area contributed by atoms with Crippen LogP contribution in [0.25, 0.3) is 0 Å². The molecule has 1 aromatic rings. The van der Waals surface area contributed by atoms with Gasteiger partial charge in [-0.3, -0.25) is 5.43 Å². The van der Waals surface area contributed by atoms with Crippen molar-refractivity contribution < 1.29 is 0 Å². The molecule has 78 valence electrons. The van der Waals surface area contributed by atoms with E-state index in [1.807, 2.05) is 0 Å². The van der Waals surface area contributed by atoms with Crippen molar-refractivity contribution in [2.75, 3.05) is 11.2 Å². The van der Waals surface area contributed by atoms with Crippen LogP contribution in [0.15, 0.2) is 15.7 Å². The fourth-order valence-electron chi connectivity index (χ4n) is 0.835. The molecule has 0 unspecified atom stereocenters. The third-order valence-corrected chi connectivity index (χ3v) is 3.50. The van der Waals surface area contributed by atoms with Gasteiger partial charge < -0.3 is 0 Å². The third-order valence-electron chi connectivity index (χ3n) is 1.58. The standard InChI is InChI=1S/C8H13BrN4S/c1-2-3-4-14-7-6(9)5-11-8(12-7)13-10/h5H,2-4,10H2,1H3,(H,11,12,13). The number of nitrogen functional groups attached to an aromatic ring is 1. The van der Waals surface area contributed by atoms with Gasteiger partial charge in [0, 0.05) is 6.20 Å². The highest BCUT2D eigenvalue weighted by Crippen LogP contribution is 2.26. The Kier molecular flexibility index (Phi) is 5.21. The van der Waals surface area contributed by atoms with Crippen LogP contribution >= 0.6 is 27.7 Å². The van der Waals surface area contributed by atoms with Gasteiger partial charge in [-0.15, -0.1) is 11.8 Å². The minimum absolute atomic E-state index is 0.451. The lowest BCUT2D eigenvalue weighted by molar-refractivity contribution is 0.893. The number of thioether (sulfide) groups is 1. The molecule has 4 nitrogen and oxygen atoms in total. The van der Waals surface area contributed by atoms with E-state index >= 15 is 0 Å². The Morgan fingerprint density at radius 3 is 3.07 bits per heavy atom. The van der Waals surface area contributed by atoms with E-state index in [1.165, 1.54) is 12.8 Å². The summed E-state index contributed by atoms with van der Waals surface area (Å²) in [6, 6.07) is 0. The fraction of sp³-hybridized carbons (Fsp3) is 0.500. The summed E-state index contributed by atoms with van der Waals surface area (Å²) in [5.74, 6) is 6.74. The molecule has 0 aromatic carbocycles. The number of anilines is 1. The normalized spacial score (nSPS) is 10.2. The predicted octanol–water partition coefficient (Wildman–Crippen LogP) is 2.42. The second-order valence-corrected chi connectivity index (χ2v) is 4.63. The Hall–Kier alpha value is -0.330. The van der Waals surface area contributed by atoms with Crippen molar-refractivity contribution in [3.05, 3.63) is 10.7 Å². The van der Waals surface area contributed by atoms with E-state index in [0.717, 1.165) is 15.3 Å². The molecule has 0 aliphatic heterocycles. The Morgan fingerprint density at radius 1 is 1.64 bits per heavy atom. The number of halogens is 1. The highest BCUT2D eigenvalue weighted by molar-refractivity contribution is 9.10. The van der Waals surface area contributed by atoms with E-state index in [2.05, 4.69) is 38.2 Å². The number of hydrogen-bond donors (Lipinski definition) is 2. The van der Waals surface area contributed by atoms with Crippen LogP contribution in [0.5, 0.6) is 0 Å². The van der Waals surface area contributed by atoms with Gasteiger partial charge in [0.25, 0.3) is 0 Å². The summed E-state index contributed by atoms with van der Waals surface area (Å²) in [6.45, 7) is 2.17. The van der Waals surface area contributed by atoms with Gasteiger partial charge in [0.15, 0.2) is 0 Å². The molecule has 0 amide bonds. The summed E-state index contributed by atoms with van der Waals surface area (Å²) in [5, 5.41) is 0.932. The Balaban J connectivity index is 2.64. The molecule has 14 heavy (non-hydrogen) atoms. The number of rotatable bonds is 5. The smallest absolute Gasteiger partial charge is 0.238 e. The van der Waals surface area contributed by atoms with Crippen LogP contribution in [0.4, 0.5) is 5.95 Å². The molecule has 1 heterocycles. The zero-order valence-electron chi connectivity index (χ0n) is 7.96. The molecule has 3 N–H and O–H groups in total. The summed E-state index contributed by atoms with van der Waals surface area (Å²) >= 11 is 5.10. The Bertz CT molecular complexity index is 295. The average molecular weight is 277 g/mol. The predicted molar refractivity (Wildman–Crippen MR) is 63.2 cm³/mol. The highest BCUT2D eigenvalue weighted by atomic mass is 79.9. The maximum atomic E-state index is 5.22. The van der Waals surface area contributed by atoms with Crippen molar-refractivity contribution in [2.45, 2.75) is 24.8 Å². The summed E-state index contributed by atoms with van der Waals surface area (Å²) in [6.07, 6.45) is 4.08. The van der Waals surface area contributed by atoms with Crippen LogP contribution in [0.1, 0.15) is 19.8 Å². The molecule has 0 spiro atoms. The molecule has 0 saturated carbocycles. The molecule has 0 fully saturated rings. The van der Waals surface area contributed by atoms with Crippen molar-refractivity contribution in [3.63, 3.8) is 0 Å². The molecule has 1 aromatic heterocycles. The number of aromatic nitrogens is 2. The monoisotopic (exact) mass is 276 g/mol. The summed E-state index contributed by atoms with van der Waals surface area (Å²) in [7, 11) is 0. The zero-order valence-corrected chi connectivity index (χ0v) is 10.4. The lowest BCUT2D eigenvalue weighted by Gasteiger charge is -2.04. The van der Waals surface area contributed by atoms with E-state index < -0.39 is 0 Å². The first-order valence-corrected chi connectivity index (χ1v) is 6.17. The Labute approximate surface area is 96.2 Å². The molecule has 6 heteroatoms. The molecule has 0 atom stereocenters. The van der Waals surface area contributed by atoms with Gasteiger partial charge >= 0.3 is 0 Å². The first-order valence-electron chi connectivity index (χ1n) is 4.40. The van der Waals surface area contributed by atoms with Gasteiger partial charge in [-0.1, -0.05) is 13.3 Å². The number of nitrogens with zero attached hydrogens (tertiary/aromatic N) is 2. The first-order chi connectivity index (χ1) is 6.77. The van der Waals surface area contributed by atoms with Crippen molar-refractivity contribution in [1.82, 2.24) is 9.97 Å². The maximum Gasteiger partial charge on any atom is 0.238 e. The molecular weight excluding hydrogens is 264 g/mol. The summed E-state index contributed by atoms with van der Waals surface area (Å²) in [5.41, 5.74) is 2.43. The van der Waals surface area contributed by atoms with E-state index in [4.69, 9.17) is 5.84 Å². The first kappa shape index (κ1) is 11.7. The number of hydrazine groups is 1. The van der Waals surface area contributed by atoms with E-state index in [-0.39, 0.29) is 0 Å². The molecule has 0 radical (unpaired) electrons. The quantitative estimate of drug-likeness (QED) is 0.284. The van der Waals surface area contributed by atoms with Gasteiger partial charge in [0.05, 0.1) is 4.47 Å². The fourth-order valence-corrected chi connectivity index (χ4v) is 2.34. The van der Waals surface area contributed by atoms with Crippen molar-refractivity contribution >= 4 is 33.6 Å². The molecular formula is C8H13BrN4S. The third kappa shape index (κ3) is 3.43. The lowest BCUT2D eigenvalue weighted by atomic mass is 10.4. The lowest BCUT2D eigenvalue weighted by Crippen LogP contribution is -2.10. The largest absolute Gasteiger partial charge is 0.292 e. The molecule has 0 aliphatic carbocycles. The number of nitrogens with two attached hydrogens (primary N) is 1. The van der Waals surface area contributed by atoms with Gasteiger partial charge in [0.2, 0.25) is 5.95 Å². The molecule has 0 saturated heterocycles. The van der Waals surface area contributed by atoms with E-state index in [1.54, 1.807) is 18.0 Å². The van der Waals surface area contributed by atoms with E-state index in [0.29, 0.717) is 5.95 Å².